The van der Waals surface area contributed by atoms with Gasteiger partial charge in [0.2, 0.25) is 20.0 Å². The van der Waals surface area contributed by atoms with Crippen molar-refractivity contribution in [3.05, 3.63) is 342 Å². The third kappa shape index (κ3) is 18.3. The van der Waals surface area contributed by atoms with Gasteiger partial charge in [0.25, 0.3) is 0 Å². The smallest absolute Gasteiger partial charge is 0.416 e. The summed E-state index contributed by atoms with van der Waals surface area (Å²) in [6.07, 6.45) is -0.833. The summed E-state index contributed by atoms with van der Waals surface area (Å²) in [5.74, 6) is -2.23. The van der Waals surface area contributed by atoms with Crippen LogP contribution in [0.5, 0.6) is 0 Å². The summed E-state index contributed by atoms with van der Waals surface area (Å²) in [6.45, 7) is 5.46. The number of fused-ring (bicyclic) bond motifs is 2. The molecule has 14 nitrogen and oxygen atoms in total. The third-order valence-electron chi connectivity index (χ3n) is 21.0. The molecule has 0 bridgehead atoms. The highest BCUT2D eigenvalue weighted by atomic mass is 35.5. The standard InChI is InChI=1S/C88H85Cl2F3N6O8S2/c1-59(74-29-11-12-32-79(74)88(91,92)93)109(106,107)95-48-46-83-76(31-14-18-61-35-39-65(40-36-61)87(102)103)78-56-73(90)42-44-81(78)99(83)85(63-21-7-4-8-22-63)69-28-16-26-67(54-69)66-25-15-27-68(53-66)84(62-19-5-3-6-20-62)98-80-43-41-72(89)55-77(80)75(30-13-17-60-33-37-64(38-34-60)86(100)101)82(98)45-47-94-108(104,105)58-71-24-10-9-23-70(71)57-97-51-49-96(2)50-52-97/h3-12,15-16,19-29,32-44,53-56,59,84-85,94-95H,13-14,17-18,30-31,45-52,57-58H2,1-2H3,(H,100,101)(H,102,103). The Balaban J connectivity index is 0.894. The van der Waals surface area contributed by atoms with Crippen LogP contribution in [-0.2, 0) is 77.0 Å². The van der Waals surface area contributed by atoms with Gasteiger partial charge in [-0.3, -0.25) is 4.90 Å². The molecule has 562 valence electrons. The van der Waals surface area contributed by atoms with Crippen molar-refractivity contribution in [3.8, 4) is 11.1 Å². The van der Waals surface area contributed by atoms with Gasteiger partial charge in [-0.25, -0.2) is 35.9 Å². The Morgan fingerprint density at radius 2 is 0.927 bits per heavy atom. The maximum atomic E-state index is 14.5. The summed E-state index contributed by atoms with van der Waals surface area (Å²) in [4.78, 5) is 28.3. The molecule has 1 aliphatic heterocycles. The SMILES string of the molecule is CC(c1ccccc1C(F)(F)F)S(=O)(=O)NCCc1c(CCCc2ccc(C(=O)O)cc2)c2cc(Cl)ccc2n1C(c1ccccc1)c1cccc(-c2cccc(C(c3ccccc3)n3c(CCNS(=O)(=O)Cc4ccccc4CN4CCN(C)CC4)c(CCCc4ccc(C(=O)O)cc4)c4cc(Cl)ccc43)c2)c1. The maximum absolute atomic E-state index is 14.5. The molecule has 3 unspecified atom stereocenters. The second-order valence-electron chi connectivity index (χ2n) is 28.2. The number of halogens is 5. The van der Waals surface area contributed by atoms with E-state index in [9.17, 15) is 49.8 Å². The van der Waals surface area contributed by atoms with Crippen LogP contribution >= 0.6 is 23.2 Å². The van der Waals surface area contributed by atoms with Gasteiger partial charge >= 0.3 is 18.1 Å². The molecule has 13 rings (SSSR count). The predicted octanol–water partition coefficient (Wildman–Crippen LogP) is 18.2. The van der Waals surface area contributed by atoms with Crippen molar-refractivity contribution in [2.45, 2.75) is 94.1 Å². The summed E-state index contributed by atoms with van der Waals surface area (Å²) < 4.78 is 111. The summed E-state index contributed by atoms with van der Waals surface area (Å²) in [6, 6.07) is 73.7. The van der Waals surface area contributed by atoms with Gasteiger partial charge in [0.05, 0.1) is 39.8 Å². The topological polar surface area (TPSA) is 183 Å². The number of sulfonamides is 2. The Morgan fingerprint density at radius 1 is 0.486 bits per heavy atom. The fourth-order valence-corrected chi connectivity index (χ4v) is 18.2. The lowest BCUT2D eigenvalue weighted by molar-refractivity contribution is -0.138. The van der Waals surface area contributed by atoms with Crippen molar-refractivity contribution in [2.24, 2.45) is 0 Å². The Kier molecular flexibility index (Phi) is 24.2. The van der Waals surface area contributed by atoms with Crippen LogP contribution in [0.3, 0.4) is 0 Å². The molecule has 1 saturated heterocycles. The Labute approximate surface area is 644 Å². The first-order chi connectivity index (χ1) is 52.5. The van der Waals surface area contributed by atoms with Crippen molar-refractivity contribution >= 4 is 77.0 Å². The first-order valence-electron chi connectivity index (χ1n) is 36.6. The Hall–Kier alpha value is -9.67. The van der Waals surface area contributed by atoms with Crippen molar-refractivity contribution in [2.75, 3.05) is 46.3 Å². The summed E-state index contributed by atoms with van der Waals surface area (Å²) >= 11 is 14.0. The zero-order chi connectivity index (χ0) is 76.6. The minimum Gasteiger partial charge on any atom is -0.478 e. The molecule has 0 amide bonds. The number of alkyl halides is 3. The number of hydrogen-bond acceptors (Lipinski definition) is 8. The first kappa shape index (κ1) is 77.5. The minimum atomic E-state index is -4.80. The summed E-state index contributed by atoms with van der Waals surface area (Å²) in [5, 5.41) is 20.6. The van der Waals surface area contributed by atoms with Gasteiger partial charge in [-0.2, -0.15) is 13.2 Å². The number of nitrogens with one attached hydrogen (secondary N) is 2. The van der Waals surface area contributed by atoms with Crippen LogP contribution in [0.15, 0.2) is 243 Å². The molecule has 0 saturated carbocycles. The normalized spacial score (nSPS) is 14.1. The molecule has 10 aromatic carbocycles. The number of aryl methyl sites for hydroxylation is 4. The van der Waals surface area contributed by atoms with Gasteiger partial charge < -0.3 is 24.2 Å². The quantitative estimate of drug-likeness (QED) is 0.0326. The number of benzene rings is 10. The lowest BCUT2D eigenvalue weighted by Crippen LogP contribution is -2.44. The monoisotopic (exact) mass is 1540 g/mol. The van der Waals surface area contributed by atoms with E-state index in [1.54, 1.807) is 36.4 Å². The second-order valence-corrected chi connectivity index (χ2v) is 32.9. The van der Waals surface area contributed by atoms with Gasteiger partial charge in [-0.1, -0.05) is 187 Å². The van der Waals surface area contributed by atoms with E-state index in [0.29, 0.717) is 61.5 Å². The largest absolute Gasteiger partial charge is 0.478 e. The summed E-state index contributed by atoms with van der Waals surface area (Å²) in [7, 11) is -6.20. The highest BCUT2D eigenvalue weighted by Gasteiger charge is 2.38. The van der Waals surface area contributed by atoms with Crippen molar-refractivity contribution < 1.29 is 49.8 Å². The van der Waals surface area contributed by atoms with Crippen LogP contribution in [0, 0.1) is 0 Å². The molecule has 0 aliphatic carbocycles. The average molecular weight is 1550 g/mol. The minimum absolute atomic E-state index is 0.0836. The molecule has 1 fully saturated rings. The number of carbonyl (C=O) groups is 2. The van der Waals surface area contributed by atoms with E-state index in [4.69, 9.17) is 23.2 Å². The Bertz CT molecular complexity index is 5480. The molecule has 4 N–H and O–H groups in total. The zero-order valence-corrected chi connectivity index (χ0v) is 63.6. The van der Waals surface area contributed by atoms with Crippen molar-refractivity contribution in [1.82, 2.24) is 28.4 Å². The van der Waals surface area contributed by atoms with Crippen LogP contribution in [0.1, 0.15) is 136 Å². The molecule has 0 spiro atoms. The molecule has 12 aromatic rings. The van der Waals surface area contributed by atoms with Gasteiger partial charge in [-0.15, -0.1) is 0 Å². The van der Waals surface area contributed by atoms with E-state index in [-0.39, 0.29) is 42.0 Å². The van der Waals surface area contributed by atoms with E-state index >= 15 is 0 Å². The first-order valence-corrected chi connectivity index (χ1v) is 40.6. The lowest BCUT2D eigenvalue weighted by atomic mass is 9.91. The molecular weight excluding hydrogens is 1460 g/mol. The third-order valence-corrected chi connectivity index (χ3v) is 24.6. The highest BCUT2D eigenvalue weighted by molar-refractivity contribution is 7.89. The number of carboxylic acid groups (broad SMARTS) is 2. The Morgan fingerprint density at radius 3 is 1.40 bits per heavy atom. The van der Waals surface area contributed by atoms with Gasteiger partial charge in [-0.05, 0) is 204 Å². The van der Waals surface area contributed by atoms with Crippen molar-refractivity contribution in [3.63, 3.8) is 0 Å². The number of piperazine rings is 1. The number of nitrogens with zero attached hydrogens (tertiary/aromatic N) is 4. The lowest BCUT2D eigenvalue weighted by Gasteiger charge is -2.32. The van der Waals surface area contributed by atoms with Crippen LogP contribution in [0.25, 0.3) is 32.9 Å². The van der Waals surface area contributed by atoms with Crippen LogP contribution in [0.4, 0.5) is 13.2 Å². The summed E-state index contributed by atoms with van der Waals surface area (Å²) in [5.41, 5.74) is 13.4. The van der Waals surface area contributed by atoms with Gasteiger partial charge in [0.15, 0.2) is 0 Å². The van der Waals surface area contributed by atoms with Crippen molar-refractivity contribution in [1.29, 1.82) is 0 Å². The molecule has 3 atom stereocenters. The molecular formula is C88H85Cl2F3N6O8S2. The van der Waals surface area contributed by atoms with E-state index in [0.717, 1.165) is 132 Å². The fraction of sp³-hybridized carbons (Fsp3) is 0.250. The predicted molar refractivity (Wildman–Crippen MR) is 428 cm³/mol. The van der Waals surface area contributed by atoms with E-state index in [1.807, 2.05) is 121 Å². The molecule has 1 aliphatic rings. The number of rotatable bonds is 31. The fourth-order valence-electron chi connectivity index (χ4n) is 15.5. The average Bonchev–Trinajstić information content (AvgIpc) is 1.60. The maximum Gasteiger partial charge on any atom is 0.416 e. The molecule has 109 heavy (non-hydrogen) atoms. The van der Waals surface area contributed by atoms with Crippen LogP contribution < -0.4 is 9.44 Å². The number of aromatic nitrogens is 2. The number of hydrogen-bond donors (Lipinski definition) is 4. The van der Waals surface area contributed by atoms with Crippen LogP contribution in [-0.4, -0.2) is 104 Å². The molecule has 3 heterocycles. The second kappa shape index (κ2) is 34.1. The van der Waals surface area contributed by atoms with E-state index in [2.05, 4.69) is 96.1 Å². The van der Waals surface area contributed by atoms with E-state index in [1.165, 1.54) is 25.1 Å². The highest BCUT2D eigenvalue weighted by Crippen LogP contribution is 2.43. The number of carboxylic acids is 2. The van der Waals surface area contributed by atoms with Crippen LogP contribution in [0.2, 0.25) is 10.0 Å². The van der Waals surface area contributed by atoms with E-state index < -0.39 is 61.1 Å². The molecule has 0 radical (unpaired) electrons. The zero-order valence-electron chi connectivity index (χ0n) is 60.5. The molecule has 21 heteroatoms. The molecule has 2 aromatic heterocycles. The van der Waals surface area contributed by atoms with Gasteiger partial charge in [0.1, 0.15) is 0 Å². The number of likely N-dealkylation sites (N-methyl/N-ethyl adjacent to an activating group) is 1. The van der Waals surface area contributed by atoms with Gasteiger partial charge in [0, 0.05) is 102 Å². The number of aromatic carboxylic acids is 2.